The standard InChI is InChI=1S/C18H23F3N2O3/c1-3-4-5-9-14-11-17(25,18(19,20)21)23(22-14)16(24)12-26-15-10-7-6-8-13(15)2/h6-8,10,25H,3-5,9,11-12H2,1-2H3/t17-/m1/s1. The topological polar surface area (TPSA) is 62.1 Å². The van der Waals surface area contributed by atoms with Crippen LogP contribution >= 0.6 is 0 Å². The van der Waals surface area contributed by atoms with E-state index in [1.54, 1.807) is 31.2 Å². The van der Waals surface area contributed by atoms with Crippen molar-refractivity contribution in [3.8, 4) is 5.75 Å². The van der Waals surface area contributed by atoms with Crippen molar-refractivity contribution in [2.24, 2.45) is 5.10 Å². The van der Waals surface area contributed by atoms with E-state index in [-0.39, 0.29) is 10.7 Å². The number of hydrazone groups is 1. The van der Waals surface area contributed by atoms with Crippen LogP contribution in [-0.2, 0) is 4.79 Å². The monoisotopic (exact) mass is 372 g/mol. The minimum Gasteiger partial charge on any atom is -0.483 e. The lowest BCUT2D eigenvalue weighted by atomic mass is 10.0. The first-order valence-corrected chi connectivity index (χ1v) is 8.56. The highest BCUT2D eigenvalue weighted by atomic mass is 19.4. The number of carbonyl (C=O) groups is 1. The molecule has 1 aliphatic heterocycles. The highest BCUT2D eigenvalue weighted by molar-refractivity contribution is 5.91. The average molecular weight is 372 g/mol. The number of alkyl halides is 3. The fraction of sp³-hybridized carbons (Fsp3) is 0.556. The molecule has 0 saturated carbocycles. The van der Waals surface area contributed by atoms with Gasteiger partial charge in [0.25, 0.3) is 11.6 Å². The Hall–Kier alpha value is -2.09. The molecule has 1 aliphatic rings. The summed E-state index contributed by atoms with van der Waals surface area (Å²) in [5.74, 6) is -0.652. The Kier molecular flexibility index (Phi) is 6.28. The molecule has 8 heteroatoms. The Bertz CT molecular complexity index is 676. The minimum atomic E-state index is -5.01. The number of nitrogens with zero attached hydrogens (tertiary/aromatic N) is 2. The fourth-order valence-corrected chi connectivity index (χ4v) is 2.74. The van der Waals surface area contributed by atoms with Gasteiger partial charge in [-0.3, -0.25) is 4.79 Å². The number of ether oxygens (including phenoxy) is 1. The third-order valence-corrected chi connectivity index (χ3v) is 4.25. The van der Waals surface area contributed by atoms with Gasteiger partial charge < -0.3 is 9.84 Å². The van der Waals surface area contributed by atoms with E-state index >= 15 is 0 Å². The molecule has 26 heavy (non-hydrogen) atoms. The van der Waals surface area contributed by atoms with Crippen LogP contribution in [0.3, 0.4) is 0 Å². The van der Waals surface area contributed by atoms with Crippen LogP contribution in [0.4, 0.5) is 13.2 Å². The number of amides is 1. The van der Waals surface area contributed by atoms with Gasteiger partial charge in [0.15, 0.2) is 6.61 Å². The second-order valence-electron chi connectivity index (χ2n) is 6.37. The van der Waals surface area contributed by atoms with Crippen molar-refractivity contribution >= 4 is 11.6 Å². The zero-order chi connectivity index (χ0) is 19.4. The van der Waals surface area contributed by atoms with Crippen molar-refractivity contribution < 1.29 is 27.8 Å². The van der Waals surface area contributed by atoms with E-state index in [9.17, 15) is 23.1 Å². The van der Waals surface area contributed by atoms with Crippen LogP contribution < -0.4 is 4.74 Å². The highest BCUT2D eigenvalue weighted by Crippen LogP contribution is 2.41. The third kappa shape index (κ3) is 4.35. The van der Waals surface area contributed by atoms with Crippen LogP contribution in [-0.4, -0.2) is 40.2 Å². The SMILES string of the molecule is CCCCCC1=NN(C(=O)COc2ccccc2C)[C@](O)(C(F)(F)F)C1. The molecule has 1 N–H and O–H groups in total. The summed E-state index contributed by atoms with van der Waals surface area (Å²) in [5, 5.41) is 14.0. The van der Waals surface area contributed by atoms with Crippen LogP contribution in [0.5, 0.6) is 5.75 Å². The molecule has 0 radical (unpaired) electrons. The van der Waals surface area contributed by atoms with E-state index in [1.807, 2.05) is 6.92 Å². The van der Waals surface area contributed by atoms with Gasteiger partial charge >= 0.3 is 6.18 Å². The maximum atomic E-state index is 13.4. The molecule has 0 aromatic heterocycles. The smallest absolute Gasteiger partial charge is 0.438 e. The van der Waals surface area contributed by atoms with Crippen molar-refractivity contribution in [3.05, 3.63) is 29.8 Å². The second kappa shape index (κ2) is 8.07. The molecule has 0 aliphatic carbocycles. The molecule has 0 spiro atoms. The molecule has 0 saturated heterocycles. The first-order valence-electron chi connectivity index (χ1n) is 8.56. The summed E-state index contributed by atoms with van der Waals surface area (Å²) in [5.41, 5.74) is -2.40. The van der Waals surface area contributed by atoms with E-state index in [0.29, 0.717) is 18.6 Å². The molecule has 1 heterocycles. The van der Waals surface area contributed by atoms with Crippen molar-refractivity contribution in [2.45, 2.75) is 57.9 Å². The molecule has 0 bridgehead atoms. The minimum absolute atomic E-state index is 0.132. The van der Waals surface area contributed by atoms with Crippen LogP contribution in [0.15, 0.2) is 29.4 Å². The zero-order valence-corrected chi connectivity index (χ0v) is 14.8. The first kappa shape index (κ1) is 20.2. The summed E-state index contributed by atoms with van der Waals surface area (Å²) in [6.45, 7) is 3.09. The Balaban J connectivity index is 2.13. The highest BCUT2D eigenvalue weighted by Gasteiger charge is 2.63. The van der Waals surface area contributed by atoms with Gasteiger partial charge in [-0.1, -0.05) is 38.0 Å². The van der Waals surface area contributed by atoms with Gasteiger partial charge in [0, 0.05) is 12.1 Å². The van der Waals surface area contributed by atoms with Gasteiger partial charge in [-0.15, -0.1) is 0 Å². The van der Waals surface area contributed by atoms with Gasteiger partial charge in [-0.05, 0) is 31.4 Å². The van der Waals surface area contributed by atoms with Crippen molar-refractivity contribution in [1.82, 2.24) is 5.01 Å². The molecule has 0 unspecified atom stereocenters. The van der Waals surface area contributed by atoms with Gasteiger partial charge in [0.05, 0.1) is 0 Å². The number of rotatable bonds is 7. The van der Waals surface area contributed by atoms with Crippen LogP contribution in [0.25, 0.3) is 0 Å². The maximum Gasteiger partial charge on any atom is 0.438 e. The van der Waals surface area contributed by atoms with Crippen molar-refractivity contribution in [1.29, 1.82) is 0 Å². The van der Waals surface area contributed by atoms with Crippen molar-refractivity contribution in [3.63, 3.8) is 0 Å². The predicted molar refractivity (Wildman–Crippen MR) is 90.7 cm³/mol. The third-order valence-electron chi connectivity index (χ3n) is 4.25. The van der Waals surface area contributed by atoms with E-state index < -0.39 is 30.8 Å². The number of para-hydroxylation sites is 1. The Labute approximate surface area is 150 Å². The summed E-state index contributed by atoms with van der Waals surface area (Å²) in [6.07, 6.45) is -3.02. The molecule has 1 aromatic rings. The van der Waals surface area contributed by atoms with Crippen molar-refractivity contribution in [2.75, 3.05) is 6.61 Å². The number of hydrogen-bond acceptors (Lipinski definition) is 4. The average Bonchev–Trinajstić information content (AvgIpc) is 2.92. The van der Waals surface area contributed by atoms with Gasteiger partial charge in [0.1, 0.15) is 5.75 Å². The molecule has 5 nitrogen and oxygen atoms in total. The summed E-state index contributed by atoms with van der Waals surface area (Å²) in [7, 11) is 0. The molecular weight excluding hydrogens is 349 g/mol. The number of unbranched alkanes of at least 4 members (excludes halogenated alkanes) is 2. The van der Waals surface area contributed by atoms with Crippen LogP contribution in [0, 0.1) is 6.92 Å². The lowest BCUT2D eigenvalue weighted by Crippen LogP contribution is -2.57. The number of aryl methyl sites for hydroxylation is 1. The summed E-state index contributed by atoms with van der Waals surface area (Å²) < 4.78 is 45.5. The second-order valence-corrected chi connectivity index (χ2v) is 6.37. The molecule has 1 atom stereocenters. The molecule has 1 aromatic carbocycles. The quantitative estimate of drug-likeness (QED) is 0.741. The van der Waals surface area contributed by atoms with E-state index in [2.05, 4.69) is 5.10 Å². The maximum absolute atomic E-state index is 13.4. The van der Waals surface area contributed by atoms with Gasteiger partial charge in [-0.25, -0.2) is 0 Å². The number of halogens is 3. The Morgan fingerprint density at radius 2 is 2.04 bits per heavy atom. The number of aliphatic hydroxyl groups is 1. The normalized spacial score (nSPS) is 20.2. The Morgan fingerprint density at radius 3 is 2.65 bits per heavy atom. The number of carbonyl (C=O) groups excluding carboxylic acids is 1. The van der Waals surface area contributed by atoms with Gasteiger partial charge in [-0.2, -0.15) is 23.3 Å². The number of hydrogen-bond donors (Lipinski definition) is 1. The molecule has 2 rings (SSSR count). The zero-order valence-electron chi connectivity index (χ0n) is 14.8. The molecule has 1 amide bonds. The Morgan fingerprint density at radius 1 is 1.35 bits per heavy atom. The van der Waals surface area contributed by atoms with Crippen LogP contribution in [0.1, 0.15) is 44.6 Å². The molecule has 144 valence electrons. The summed E-state index contributed by atoms with van der Waals surface area (Å²) in [4.78, 5) is 12.3. The summed E-state index contributed by atoms with van der Waals surface area (Å²) >= 11 is 0. The lowest BCUT2D eigenvalue weighted by molar-refractivity contribution is -0.302. The molecular formula is C18H23F3N2O3. The van der Waals surface area contributed by atoms with Crippen LogP contribution in [0.2, 0.25) is 0 Å². The fourth-order valence-electron chi connectivity index (χ4n) is 2.74. The number of benzene rings is 1. The first-order chi connectivity index (χ1) is 12.2. The van der Waals surface area contributed by atoms with E-state index in [1.165, 1.54) is 0 Å². The van der Waals surface area contributed by atoms with E-state index in [0.717, 1.165) is 18.4 Å². The van der Waals surface area contributed by atoms with Gasteiger partial charge in [0.2, 0.25) is 0 Å². The largest absolute Gasteiger partial charge is 0.483 e. The molecule has 0 fully saturated rings. The van der Waals surface area contributed by atoms with E-state index in [4.69, 9.17) is 4.74 Å². The summed E-state index contributed by atoms with van der Waals surface area (Å²) in [6, 6.07) is 6.84. The lowest BCUT2D eigenvalue weighted by Gasteiger charge is -2.32. The predicted octanol–water partition coefficient (Wildman–Crippen LogP) is 3.79.